The monoisotopic (exact) mass is 605 g/mol. The van der Waals surface area contributed by atoms with Crippen LogP contribution in [0, 0.1) is 6.92 Å². The molecule has 2 aliphatic rings. The fraction of sp³-hybridized carbons (Fsp3) is 0.174. The van der Waals surface area contributed by atoms with Gasteiger partial charge >= 0.3 is 0 Å². The van der Waals surface area contributed by atoms with E-state index >= 15 is 0 Å². The molecule has 0 N–H and O–H groups in total. The molecule has 0 atom stereocenters. The third-order valence-electron chi connectivity index (χ3n) is 11.3. The summed E-state index contributed by atoms with van der Waals surface area (Å²) in [7, 11) is 2.22. The van der Waals surface area contributed by atoms with E-state index in [-0.39, 0.29) is 10.8 Å². The van der Waals surface area contributed by atoms with Gasteiger partial charge in [-0.15, -0.1) is 0 Å². The number of para-hydroxylation sites is 1. The molecule has 0 aromatic heterocycles. The summed E-state index contributed by atoms with van der Waals surface area (Å²) in [6.07, 6.45) is 0. The van der Waals surface area contributed by atoms with Gasteiger partial charge in [0.25, 0.3) is 0 Å². The van der Waals surface area contributed by atoms with E-state index in [0.717, 1.165) is 0 Å². The third kappa shape index (κ3) is 3.77. The van der Waals surface area contributed by atoms with Crippen molar-refractivity contribution in [3.05, 3.63) is 155 Å². The average molecular weight is 606 g/mol. The second-order valence-electron chi connectivity index (χ2n) is 14.7. The molecule has 0 unspecified atom stereocenters. The number of hydrogen-bond donors (Lipinski definition) is 0. The molecule has 1 aliphatic carbocycles. The molecule has 0 amide bonds. The van der Waals surface area contributed by atoms with Crippen LogP contribution in [0.25, 0.3) is 54.9 Å². The molecule has 1 heterocycles. The standard InChI is InChI=1S/C46H39N/c1-28-22-24-32-35(26-28)43(34-17-13-20-39-44(34)33-16-9-10-18-36(33)45(39,2)3)31-15-8-7-14-30(31)42(32)29-23-25-38-41(27-29)47(6)40-21-12-11-19-37(40)46(38,4)5/h7-27H,1-6H3. The van der Waals surface area contributed by atoms with Crippen LogP contribution in [0.3, 0.4) is 0 Å². The van der Waals surface area contributed by atoms with E-state index in [9.17, 15) is 0 Å². The van der Waals surface area contributed by atoms with Crippen LogP contribution in [0.4, 0.5) is 11.4 Å². The van der Waals surface area contributed by atoms with Crippen molar-refractivity contribution >= 4 is 32.9 Å². The number of rotatable bonds is 2. The number of benzene rings is 7. The quantitative estimate of drug-likeness (QED) is 0.177. The second kappa shape index (κ2) is 9.69. The van der Waals surface area contributed by atoms with Crippen LogP contribution < -0.4 is 4.90 Å². The third-order valence-corrected chi connectivity index (χ3v) is 11.3. The Hall–Kier alpha value is -5.14. The van der Waals surface area contributed by atoms with Crippen molar-refractivity contribution in [3.63, 3.8) is 0 Å². The molecule has 1 aliphatic heterocycles. The van der Waals surface area contributed by atoms with Crippen molar-refractivity contribution in [3.8, 4) is 33.4 Å². The lowest BCUT2D eigenvalue weighted by Gasteiger charge is -2.40. The highest BCUT2D eigenvalue weighted by Crippen LogP contribution is 2.55. The van der Waals surface area contributed by atoms with E-state index in [2.05, 4.69) is 174 Å². The molecule has 0 radical (unpaired) electrons. The summed E-state index contributed by atoms with van der Waals surface area (Å²) in [5, 5.41) is 5.20. The van der Waals surface area contributed by atoms with Gasteiger partial charge in [-0.1, -0.05) is 149 Å². The van der Waals surface area contributed by atoms with E-state index in [1.165, 1.54) is 94.1 Å². The zero-order valence-corrected chi connectivity index (χ0v) is 28.1. The Bertz CT molecular complexity index is 2440. The SMILES string of the molecule is Cc1ccc2c(-c3ccc4c(c3)N(C)c3ccccc3C4(C)C)c3ccccc3c(-c3cccc4c3-c3ccccc3C4(C)C)c2c1. The van der Waals surface area contributed by atoms with Crippen LogP contribution in [0.15, 0.2) is 127 Å². The van der Waals surface area contributed by atoms with Crippen molar-refractivity contribution in [2.45, 2.75) is 45.4 Å². The van der Waals surface area contributed by atoms with E-state index in [4.69, 9.17) is 0 Å². The van der Waals surface area contributed by atoms with E-state index in [0.29, 0.717) is 0 Å². The van der Waals surface area contributed by atoms with E-state index in [1.54, 1.807) is 0 Å². The minimum atomic E-state index is -0.0835. The van der Waals surface area contributed by atoms with Crippen molar-refractivity contribution < 1.29 is 0 Å². The first kappa shape index (κ1) is 28.1. The summed E-state index contributed by atoms with van der Waals surface area (Å²) in [5.41, 5.74) is 17.2. The Morgan fingerprint density at radius 1 is 0.426 bits per heavy atom. The molecule has 1 heteroatoms. The van der Waals surface area contributed by atoms with Gasteiger partial charge < -0.3 is 4.90 Å². The van der Waals surface area contributed by atoms with Crippen LogP contribution in [-0.2, 0) is 10.8 Å². The van der Waals surface area contributed by atoms with Crippen LogP contribution in [0.2, 0.25) is 0 Å². The first-order chi connectivity index (χ1) is 22.7. The first-order valence-corrected chi connectivity index (χ1v) is 16.8. The molecule has 47 heavy (non-hydrogen) atoms. The van der Waals surface area contributed by atoms with Gasteiger partial charge in [-0.3, -0.25) is 0 Å². The number of hydrogen-bond acceptors (Lipinski definition) is 1. The predicted octanol–water partition coefficient (Wildman–Crippen LogP) is 12.3. The molecular formula is C46H39N. The molecule has 7 aromatic rings. The van der Waals surface area contributed by atoms with Gasteiger partial charge in [-0.25, -0.2) is 0 Å². The number of fused-ring (bicyclic) bond motifs is 7. The van der Waals surface area contributed by atoms with Crippen LogP contribution in [0.5, 0.6) is 0 Å². The van der Waals surface area contributed by atoms with Gasteiger partial charge in [0, 0.05) is 29.3 Å². The molecule has 0 fully saturated rings. The predicted molar refractivity (Wildman–Crippen MR) is 201 cm³/mol. The summed E-state index contributed by atoms with van der Waals surface area (Å²) in [4.78, 5) is 2.38. The van der Waals surface area contributed by atoms with Gasteiger partial charge in [-0.05, 0) is 96.2 Å². The summed E-state index contributed by atoms with van der Waals surface area (Å²) in [6, 6.07) is 48.1. The molecule has 0 bridgehead atoms. The highest BCUT2D eigenvalue weighted by molar-refractivity contribution is 6.23. The summed E-state index contributed by atoms with van der Waals surface area (Å²) in [6.45, 7) is 11.7. The Labute approximate surface area is 278 Å². The Morgan fingerprint density at radius 2 is 1.02 bits per heavy atom. The topological polar surface area (TPSA) is 3.24 Å². The fourth-order valence-corrected chi connectivity index (χ4v) is 8.92. The first-order valence-electron chi connectivity index (χ1n) is 16.8. The molecule has 0 spiro atoms. The normalized spacial score (nSPS) is 15.3. The second-order valence-corrected chi connectivity index (χ2v) is 14.7. The maximum atomic E-state index is 2.44. The zero-order chi connectivity index (χ0) is 32.2. The molecular weight excluding hydrogens is 567 g/mol. The maximum absolute atomic E-state index is 2.44. The smallest absolute Gasteiger partial charge is 0.0455 e. The van der Waals surface area contributed by atoms with Gasteiger partial charge in [0.15, 0.2) is 0 Å². The minimum Gasteiger partial charge on any atom is -0.344 e. The van der Waals surface area contributed by atoms with Crippen LogP contribution in [-0.4, -0.2) is 7.05 Å². The molecule has 1 nitrogen and oxygen atoms in total. The molecule has 0 saturated carbocycles. The number of anilines is 2. The number of nitrogens with zero attached hydrogens (tertiary/aromatic N) is 1. The Morgan fingerprint density at radius 3 is 1.83 bits per heavy atom. The lowest BCUT2D eigenvalue weighted by atomic mass is 9.73. The van der Waals surface area contributed by atoms with Crippen molar-refractivity contribution in [1.29, 1.82) is 0 Å². The lowest BCUT2D eigenvalue weighted by Crippen LogP contribution is -2.30. The van der Waals surface area contributed by atoms with Gasteiger partial charge in [0.2, 0.25) is 0 Å². The number of aryl methyl sites for hydroxylation is 1. The maximum Gasteiger partial charge on any atom is 0.0455 e. The zero-order valence-electron chi connectivity index (χ0n) is 28.1. The summed E-state index contributed by atoms with van der Waals surface area (Å²) < 4.78 is 0. The molecule has 0 saturated heterocycles. The highest BCUT2D eigenvalue weighted by atomic mass is 15.1. The molecule has 228 valence electrons. The fourth-order valence-electron chi connectivity index (χ4n) is 8.92. The van der Waals surface area contributed by atoms with Crippen molar-refractivity contribution in [1.82, 2.24) is 0 Å². The Kier molecular flexibility index (Phi) is 5.79. The van der Waals surface area contributed by atoms with Gasteiger partial charge in [0.1, 0.15) is 0 Å². The van der Waals surface area contributed by atoms with Crippen molar-refractivity contribution in [2.24, 2.45) is 0 Å². The Balaban J connectivity index is 1.36. The largest absolute Gasteiger partial charge is 0.344 e. The lowest BCUT2D eigenvalue weighted by molar-refractivity contribution is 0.629. The molecule has 9 rings (SSSR count). The summed E-state index contributed by atoms with van der Waals surface area (Å²) >= 11 is 0. The average Bonchev–Trinajstić information content (AvgIpc) is 3.32. The van der Waals surface area contributed by atoms with E-state index < -0.39 is 0 Å². The van der Waals surface area contributed by atoms with Crippen LogP contribution in [0.1, 0.15) is 55.5 Å². The summed E-state index contributed by atoms with van der Waals surface area (Å²) in [5.74, 6) is 0. The highest BCUT2D eigenvalue weighted by Gasteiger charge is 2.38. The van der Waals surface area contributed by atoms with Gasteiger partial charge in [-0.2, -0.15) is 0 Å². The van der Waals surface area contributed by atoms with E-state index in [1.807, 2.05) is 0 Å². The van der Waals surface area contributed by atoms with Gasteiger partial charge in [0.05, 0.1) is 0 Å². The minimum absolute atomic E-state index is 0.0506. The van der Waals surface area contributed by atoms with Crippen molar-refractivity contribution in [2.75, 3.05) is 11.9 Å². The van der Waals surface area contributed by atoms with Crippen LogP contribution >= 0.6 is 0 Å². The molecule has 7 aromatic carbocycles.